The fourth-order valence-electron chi connectivity index (χ4n) is 3.51. The summed E-state index contributed by atoms with van der Waals surface area (Å²) >= 11 is 1.58. The summed E-state index contributed by atoms with van der Waals surface area (Å²) in [4.78, 5) is 19.4. The number of anilines is 1. The molecule has 6 nitrogen and oxygen atoms in total. The minimum atomic E-state index is -0.0896. The second kappa shape index (κ2) is 8.02. The number of hydrogen-bond donors (Lipinski definition) is 1. The van der Waals surface area contributed by atoms with Gasteiger partial charge in [0.05, 0.1) is 23.4 Å². The molecule has 3 aromatic rings. The third-order valence-corrected chi connectivity index (χ3v) is 5.53. The lowest BCUT2D eigenvalue weighted by molar-refractivity contribution is -0.120. The fraction of sp³-hybridized carbons (Fsp3) is 0.350. The van der Waals surface area contributed by atoms with E-state index in [1.807, 2.05) is 46.0 Å². The maximum absolute atomic E-state index is 12.8. The van der Waals surface area contributed by atoms with Gasteiger partial charge in [0.25, 0.3) is 0 Å². The molecule has 3 heterocycles. The minimum Gasteiger partial charge on any atom is -0.325 e. The van der Waals surface area contributed by atoms with Gasteiger partial charge < -0.3 is 5.32 Å². The van der Waals surface area contributed by atoms with Gasteiger partial charge in [-0.2, -0.15) is 5.10 Å². The molecule has 7 heteroatoms. The van der Waals surface area contributed by atoms with Crippen LogP contribution < -0.4 is 5.32 Å². The Morgan fingerprint density at radius 2 is 2.19 bits per heavy atom. The Morgan fingerprint density at radius 1 is 1.33 bits per heavy atom. The van der Waals surface area contributed by atoms with E-state index in [1.165, 1.54) is 0 Å². The zero-order chi connectivity index (χ0) is 18.6. The molecule has 0 bridgehead atoms. The standard InChI is InChI=1S/C20H23N5OS/c1-2-25-12-15(10-22-25)11-24-9-3-4-19(24)20(26)23-17-7-5-16(6-8-17)18-13-27-14-21-18/h5-8,10,12-14,19H,2-4,9,11H2,1H3,(H,23,26)/t19-/m1/s1. The number of amides is 1. The van der Waals surface area contributed by atoms with E-state index in [4.69, 9.17) is 0 Å². The van der Waals surface area contributed by atoms with Crippen molar-refractivity contribution in [3.63, 3.8) is 0 Å². The third kappa shape index (κ3) is 4.09. The molecule has 0 saturated carbocycles. The number of hydrogen-bond acceptors (Lipinski definition) is 5. The van der Waals surface area contributed by atoms with Crippen molar-refractivity contribution in [1.29, 1.82) is 0 Å². The quantitative estimate of drug-likeness (QED) is 0.708. The van der Waals surface area contributed by atoms with E-state index in [9.17, 15) is 4.79 Å². The summed E-state index contributed by atoms with van der Waals surface area (Å²) in [5.74, 6) is 0.0665. The number of likely N-dealkylation sites (tertiary alicyclic amines) is 1. The number of thiazole rings is 1. The van der Waals surface area contributed by atoms with Crippen LogP contribution in [0.3, 0.4) is 0 Å². The summed E-state index contributed by atoms with van der Waals surface area (Å²) in [6, 6.07) is 7.79. The molecular weight excluding hydrogens is 358 g/mol. The van der Waals surface area contributed by atoms with Gasteiger partial charge in [0.2, 0.25) is 5.91 Å². The van der Waals surface area contributed by atoms with Gasteiger partial charge >= 0.3 is 0 Å². The minimum absolute atomic E-state index is 0.0665. The molecule has 2 aromatic heterocycles. The number of carbonyl (C=O) groups is 1. The summed E-state index contributed by atoms with van der Waals surface area (Å²) in [5, 5.41) is 9.42. The summed E-state index contributed by atoms with van der Waals surface area (Å²) in [7, 11) is 0. The molecule has 140 valence electrons. The molecule has 1 aromatic carbocycles. The number of aryl methyl sites for hydroxylation is 1. The largest absolute Gasteiger partial charge is 0.325 e. The van der Waals surface area contributed by atoms with Crippen LogP contribution in [0.25, 0.3) is 11.3 Å². The van der Waals surface area contributed by atoms with Gasteiger partial charge in [-0.25, -0.2) is 4.98 Å². The number of aromatic nitrogens is 3. The first-order valence-corrected chi connectivity index (χ1v) is 10.2. The van der Waals surface area contributed by atoms with Gasteiger partial charge in [0, 0.05) is 41.5 Å². The predicted molar refractivity (Wildman–Crippen MR) is 108 cm³/mol. The number of benzene rings is 1. The topological polar surface area (TPSA) is 63.1 Å². The molecule has 1 saturated heterocycles. The van der Waals surface area contributed by atoms with Gasteiger partial charge in [-0.3, -0.25) is 14.4 Å². The first-order valence-electron chi connectivity index (χ1n) is 9.28. The molecule has 1 N–H and O–H groups in total. The normalized spacial score (nSPS) is 17.3. The highest BCUT2D eigenvalue weighted by molar-refractivity contribution is 7.07. The number of nitrogens with one attached hydrogen (secondary N) is 1. The van der Waals surface area contributed by atoms with E-state index >= 15 is 0 Å². The molecule has 0 unspecified atom stereocenters. The van der Waals surface area contributed by atoms with Crippen LogP contribution in [0.15, 0.2) is 47.5 Å². The second-order valence-electron chi connectivity index (χ2n) is 6.77. The van der Waals surface area contributed by atoms with Crippen LogP contribution in [-0.2, 0) is 17.9 Å². The molecule has 0 aliphatic carbocycles. The van der Waals surface area contributed by atoms with Crippen LogP contribution in [0.1, 0.15) is 25.3 Å². The lowest BCUT2D eigenvalue weighted by Crippen LogP contribution is -2.39. The van der Waals surface area contributed by atoms with Crippen LogP contribution >= 0.6 is 11.3 Å². The SMILES string of the molecule is CCn1cc(CN2CCC[C@@H]2C(=O)Nc2ccc(-c3cscn3)cc2)cn1. The summed E-state index contributed by atoms with van der Waals surface area (Å²) in [5.41, 5.74) is 5.83. The highest BCUT2D eigenvalue weighted by Crippen LogP contribution is 2.24. The summed E-state index contributed by atoms with van der Waals surface area (Å²) in [6.45, 7) is 4.64. The maximum Gasteiger partial charge on any atom is 0.241 e. The third-order valence-electron chi connectivity index (χ3n) is 4.94. The zero-order valence-corrected chi connectivity index (χ0v) is 16.2. The molecular formula is C20H23N5OS. The predicted octanol–water partition coefficient (Wildman–Crippen LogP) is 3.63. The number of rotatable bonds is 6. The fourth-order valence-corrected chi connectivity index (χ4v) is 4.07. The van der Waals surface area contributed by atoms with Gasteiger partial charge in [-0.1, -0.05) is 12.1 Å². The first kappa shape index (κ1) is 17.9. The van der Waals surface area contributed by atoms with E-state index in [2.05, 4.69) is 33.4 Å². The summed E-state index contributed by atoms with van der Waals surface area (Å²) < 4.78 is 1.92. The maximum atomic E-state index is 12.8. The van der Waals surface area contributed by atoms with E-state index < -0.39 is 0 Å². The highest BCUT2D eigenvalue weighted by Gasteiger charge is 2.30. The Balaban J connectivity index is 1.39. The lowest BCUT2D eigenvalue weighted by atomic mass is 10.1. The van der Waals surface area contributed by atoms with Gasteiger partial charge in [-0.15, -0.1) is 11.3 Å². The molecule has 0 spiro atoms. The number of carbonyl (C=O) groups excluding carboxylic acids is 1. The molecule has 1 fully saturated rings. The lowest BCUT2D eigenvalue weighted by Gasteiger charge is -2.23. The Bertz CT molecular complexity index is 888. The van der Waals surface area contributed by atoms with Crippen LogP contribution in [-0.4, -0.2) is 38.2 Å². The van der Waals surface area contributed by atoms with Crippen molar-refractivity contribution < 1.29 is 4.79 Å². The van der Waals surface area contributed by atoms with Crippen molar-refractivity contribution >= 4 is 22.9 Å². The Morgan fingerprint density at radius 3 is 2.89 bits per heavy atom. The zero-order valence-electron chi connectivity index (χ0n) is 15.3. The van der Waals surface area contributed by atoms with Gasteiger partial charge in [0.1, 0.15) is 0 Å². The second-order valence-corrected chi connectivity index (χ2v) is 7.49. The van der Waals surface area contributed by atoms with E-state index in [0.717, 1.165) is 55.0 Å². The molecule has 1 atom stereocenters. The van der Waals surface area contributed by atoms with Crippen LogP contribution in [0.4, 0.5) is 5.69 Å². The van der Waals surface area contributed by atoms with Gasteiger partial charge in [0.15, 0.2) is 0 Å². The van der Waals surface area contributed by atoms with E-state index in [0.29, 0.717) is 0 Å². The molecule has 27 heavy (non-hydrogen) atoms. The van der Waals surface area contributed by atoms with Crippen LogP contribution in [0.2, 0.25) is 0 Å². The van der Waals surface area contributed by atoms with Crippen molar-refractivity contribution in [2.75, 3.05) is 11.9 Å². The Kier molecular flexibility index (Phi) is 5.31. The number of nitrogens with zero attached hydrogens (tertiary/aromatic N) is 4. The van der Waals surface area contributed by atoms with Crippen molar-refractivity contribution in [2.24, 2.45) is 0 Å². The molecule has 0 radical (unpaired) electrons. The molecule has 4 rings (SSSR count). The van der Waals surface area contributed by atoms with Crippen LogP contribution in [0.5, 0.6) is 0 Å². The summed E-state index contributed by atoms with van der Waals surface area (Å²) in [6.07, 6.45) is 5.89. The van der Waals surface area contributed by atoms with Crippen molar-refractivity contribution in [2.45, 2.75) is 38.9 Å². The monoisotopic (exact) mass is 381 g/mol. The average molecular weight is 382 g/mol. The molecule has 1 aliphatic rings. The van der Waals surface area contributed by atoms with Crippen molar-refractivity contribution in [3.8, 4) is 11.3 Å². The highest BCUT2D eigenvalue weighted by atomic mass is 32.1. The van der Waals surface area contributed by atoms with E-state index in [1.54, 1.807) is 11.3 Å². The van der Waals surface area contributed by atoms with Crippen molar-refractivity contribution in [3.05, 3.63) is 53.1 Å². The molecule has 1 amide bonds. The Labute approximate surface area is 162 Å². The smallest absolute Gasteiger partial charge is 0.241 e. The molecule has 1 aliphatic heterocycles. The first-order chi connectivity index (χ1) is 13.2. The average Bonchev–Trinajstić information content (AvgIpc) is 3.44. The van der Waals surface area contributed by atoms with Crippen molar-refractivity contribution in [1.82, 2.24) is 19.7 Å². The van der Waals surface area contributed by atoms with E-state index in [-0.39, 0.29) is 11.9 Å². The van der Waals surface area contributed by atoms with Gasteiger partial charge in [-0.05, 0) is 38.4 Å². The van der Waals surface area contributed by atoms with Crippen LogP contribution in [0, 0.1) is 0 Å². The Hall–Kier alpha value is -2.51.